The molecule has 1 saturated heterocycles. The van der Waals surface area contributed by atoms with Crippen LogP contribution in [0.5, 0.6) is 0 Å². The summed E-state index contributed by atoms with van der Waals surface area (Å²) in [4.78, 5) is 14.6. The molecule has 1 aliphatic heterocycles. The smallest absolute Gasteiger partial charge is 0.317 e. The maximum absolute atomic E-state index is 12.5. The SMILES string of the molecule is COCc1cccc(CNC(=O)N(CC2CCOC2)C2CC2)c1. The Labute approximate surface area is 137 Å². The number of carbonyl (C=O) groups excluding carboxylic acids is 1. The van der Waals surface area contributed by atoms with Crippen LogP contribution in [-0.2, 0) is 22.6 Å². The van der Waals surface area contributed by atoms with E-state index in [1.807, 2.05) is 23.1 Å². The Balaban J connectivity index is 1.53. The monoisotopic (exact) mass is 318 g/mol. The van der Waals surface area contributed by atoms with Crippen LogP contribution in [0.3, 0.4) is 0 Å². The summed E-state index contributed by atoms with van der Waals surface area (Å²) in [6.45, 7) is 3.59. The molecule has 1 unspecified atom stereocenters. The Morgan fingerprint density at radius 2 is 2.17 bits per heavy atom. The Morgan fingerprint density at radius 3 is 2.87 bits per heavy atom. The lowest BCUT2D eigenvalue weighted by Crippen LogP contribution is -2.43. The minimum Gasteiger partial charge on any atom is -0.381 e. The van der Waals surface area contributed by atoms with E-state index in [1.165, 1.54) is 0 Å². The Morgan fingerprint density at radius 1 is 1.35 bits per heavy atom. The molecule has 0 aromatic heterocycles. The van der Waals surface area contributed by atoms with Crippen molar-refractivity contribution < 1.29 is 14.3 Å². The molecule has 5 nitrogen and oxygen atoms in total. The number of urea groups is 1. The van der Waals surface area contributed by atoms with Crippen LogP contribution < -0.4 is 5.32 Å². The van der Waals surface area contributed by atoms with Crippen molar-refractivity contribution in [1.29, 1.82) is 0 Å². The van der Waals surface area contributed by atoms with E-state index in [9.17, 15) is 4.79 Å². The van der Waals surface area contributed by atoms with Gasteiger partial charge in [0.05, 0.1) is 13.2 Å². The Hall–Kier alpha value is -1.59. The molecule has 1 heterocycles. The Kier molecular flexibility index (Phi) is 5.51. The summed E-state index contributed by atoms with van der Waals surface area (Å²) in [7, 11) is 1.69. The van der Waals surface area contributed by atoms with Crippen molar-refractivity contribution in [3.05, 3.63) is 35.4 Å². The van der Waals surface area contributed by atoms with Gasteiger partial charge < -0.3 is 19.7 Å². The van der Waals surface area contributed by atoms with Crippen molar-refractivity contribution in [1.82, 2.24) is 10.2 Å². The van der Waals surface area contributed by atoms with E-state index < -0.39 is 0 Å². The third kappa shape index (κ3) is 4.69. The maximum atomic E-state index is 12.5. The minimum atomic E-state index is 0.0524. The quantitative estimate of drug-likeness (QED) is 0.840. The summed E-state index contributed by atoms with van der Waals surface area (Å²) < 4.78 is 10.6. The highest BCUT2D eigenvalue weighted by molar-refractivity contribution is 5.75. The molecule has 1 aliphatic carbocycles. The van der Waals surface area contributed by atoms with Crippen molar-refractivity contribution in [3.8, 4) is 0 Å². The first kappa shape index (κ1) is 16.3. The van der Waals surface area contributed by atoms with Gasteiger partial charge in [-0.15, -0.1) is 0 Å². The van der Waals surface area contributed by atoms with Crippen LogP contribution in [0.2, 0.25) is 0 Å². The number of nitrogens with zero attached hydrogens (tertiary/aromatic N) is 1. The van der Waals surface area contributed by atoms with Crippen LogP contribution in [0, 0.1) is 5.92 Å². The van der Waals surface area contributed by atoms with Crippen LogP contribution in [0.25, 0.3) is 0 Å². The molecule has 0 spiro atoms. The van der Waals surface area contributed by atoms with Gasteiger partial charge in [0, 0.05) is 38.8 Å². The van der Waals surface area contributed by atoms with Crippen LogP contribution in [0.15, 0.2) is 24.3 Å². The summed E-state index contributed by atoms with van der Waals surface area (Å²) in [6, 6.07) is 8.63. The first-order chi connectivity index (χ1) is 11.3. The van der Waals surface area contributed by atoms with E-state index >= 15 is 0 Å². The van der Waals surface area contributed by atoms with Gasteiger partial charge in [0.1, 0.15) is 0 Å². The molecule has 1 saturated carbocycles. The second-order valence-electron chi connectivity index (χ2n) is 6.52. The molecule has 1 atom stereocenters. The normalized spacial score (nSPS) is 20.5. The van der Waals surface area contributed by atoms with Crippen molar-refractivity contribution >= 4 is 6.03 Å². The van der Waals surface area contributed by atoms with Gasteiger partial charge in [-0.2, -0.15) is 0 Å². The lowest BCUT2D eigenvalue weighted by molar-refractivity contribution is 0.162. The number of hydrogen-bond acceptors (Lipinski definition) is 3. The lowest BCUT2D eigenvalue weighted by atomic mass is 10.1. The summed E-state index contributed by atoms with van der Waals surface area (Å²) in [6.07, 6.45) is 3.32. The number of ether oxygens (including phenoxy) is 2. The van der Waals surface area contributed by atoms with Gasteiger partial charge >= 0.3 is 6.03 Å². The molecule has 2 fully saturated rings. The van der Waals surface area contributed by atoms with E-state index in [1.54, 1.807) is 7.11 Å². The Bertz CT molecular complexity index is 525. The molecule has 2 aliphatic rings. The van der Waals surface area contributed by atoms with E-state index in [0.29, 0.717) is 25.1 Å². The molecular formula is C18H26N2O3. The van der Waals surface area contributed by atoms with Gasteiger partial charge in [0.15, 0.2) is 0 Å². The molecule has 23 heavy (non-hydrogen) atoms. The zero-order valence-electron chi connectivity index (χ0n) is 13.8. The molecule has 1 N–H and O–H groups in total. The third-order valence-corrected chi connectivity index (χ3v) is 4.47. The number of rotatable bonds is 7. The zero-order valence-corrected chi connectivity index (χ0v) is 13.8. The highest BCUT2D eigenvalue weighted by Crippen LogP contribution is 2.29. The second-order valence-corrected chi connectivity index (χ2v) is 6.52. The number of amides is 2. The number of carbonyl (C=O) groups is 1. The van der Waals surface area contributed by atoms with Gasteiger partial charge in [0.25, 0.3) is 0 Å². The first-order valence-corrected chi connectivity index (χ1v) is 8.45. The molecule has 5 heteroatoms. The largest absolute Gasteiger partial charge is 0.381 e. The van der Waals surface area contributed by atoms with E-state index in [2.05, 4.69) is 11.4 Å². The van der Waals surface area contributed by atoms with Crippen LogP contribution in [0.1, 0.15) is 30.4 Å². The standard InChI is InChI=1S/C18H26N2O3/c1-22-12-15-4-2-3-14(9-15)10-19-18(21)20(17-5-6-17)11-16-7-8-23-13-16/h2-4,9,16-17H,5-8,10-13H2,1H3,(H,19,21). The molecule has 0 bridgehead atoms. The van der Waals surface area contributed by atoms with Gasteiger partial charge in [-0.25, -0.2) is 4.79 Å². The van der Waals surface area contributed by atoms with Crippen molar-refractivity contribution in [2.24, 2.45) is 5.92 Å². The van der Waals surface area contributed by atoms with Crippen molar-refractivity contribution in [2.75, 3.05) is 26.9 Å². The number of methoxy groups -OCH3 is 1. The maximum Gasteiger partial charge on any atom is 0.317 e. The highest BCUT2D eigenvalue weighted by Gasteiger charge is 2.34. The fourth-order valence-electron chi connectivity index (χ4n) is 3.06. The lowest BCUT2D eigenvalue weighted by Gasteiger charge is -2.25. The topological polar surface area (TPSA) is 50.8 Å². The van der Waals surface area contributed by atoms with Gasteiger partial charge in [-0.05, 0) is 30.4 Å². The van der Waals surface area contributed by atoms with Gasteiger partial charge in [-0.1, -0.05) is 24.3 Å². The molecule has 2 amide bonds. The molecule has 3 rings (SSSR count). The average Bonchev–Trinajstić information content (AvgIpc) is 3.27. The summed E-state index contributed by atoms with van der Waals surface area (Å²) in [5, 5.41) is 3.07. The predicted molar refractivity (Wildman–Crippen MR) is 88.0 cm³/mol. The van der Waals surface area contributed by atoms with E-state index in [-0.39, 0.29) is 6.03 Å². The first-order valence-electron chi connectivity index (χ1n) is 8.45. The predicted octanol–water partition coefficient (Wildman–Crippen LogP) is 2.54. The average molecular weight is 318 g/mol. The number of hydrogen-bond donors (Lipinski definition) is 1. The summed E-state index contributed by atoms with van der Waals surface area (Å²) in [5.41, 5.74) is 2.23. The molecule has 126 valence electrons. The number of nitrogens with one attached hydrogen (secondary N) is 1. The molecule has 1 aromatic rings. The fraction of sp³-hybridized carbons (Fsp3) is 0.611. The van der Waals surface area contributed by atoms with E-state index in [4.69, 9.17) is 9.47 Å². The van der Waals surface area contributed by atoms with Gasteiger partial charge in [0.2, 0.25) is 0 Å². The molecular weight excluding hydrogens is 292 g/mol. The summed E-state index contributed by atoms with van der Waals surface area (Å²) >= 11 is 0. The fourth-order valence-corrected chi connectivity index (χ4v) is 3.06. The van der Waals surface area contributed by atoms with Gasteiger partial charge in [-0.3, -0.25) is 0 Å². The zero-order chi connectivity index (χ0) is 16.1. The van der Waals surface area contributed by atoms with Crippen LogP contribution >= 0.6 is 0 Å². The van der Waals surface area contributed by atoms with Crippen LogP contribution in [0.4, 0.5) is 4.79 Å². The second kappa shape index (κ2) is 7.79. The number of benzene rings is 1. The molecule has 0 radical (unpaired) electrons. The minimum absolute atomic E-state index is 0.0524. The highest BCUT2D eigenvalue weighted by atomic mass is 16.5. The van der Waals surface area contributed by atoms with Crippen LogP contribution in [-0.4, -0.2) is 43.8 Å². The van der Waals surface area contributed by atoms with E-state index in [0.717, 1.165) is 50.1 Å². The molecule has 1 aromatic carbocycles. The summed E-state index contributed by atoms with van der Waals surface area (Å²) in [5.74, 6) is 0.492. The van der Waals surface area contributed by atoms with Crippen molar-refractivity contribution in [3.63, 3.8) is 0 Å². The van der Waals surface area contributed by atoms with Crippen molar-refractivity contribution in [2.45, 2.75) is 38.5 Å². The third-order valence-electron chi connectivity index (χ3n) is 4.47.